The van der Waals surface area contributed by atoms with Crippen LogP contribution in [0.2, 0.25) is 0 Å². The van der Waals surface area contributed by atoms with Crippen molar-refractivity contribution in [1.29, 1.82) is 0 Å². The Labute approximate surface area is 103 Å². The van der Waals surface area contributed by atoms with Crippen LogP contribution in [0.3, 0.4) is 0 Å². The Morgan fingerprint density at radius 3 is 2.00 bits per heavy atom. The van der Waals surface area contributed by atoms with Crippen molar-refractivity contribution in [2.24, 2.45) is 0 Å². The zero-order valence-electron chi connectivity index (χ0n) is 10.0. The summed E-state index contributed by atoms with van der Waals surface area (Å²) in [5.74, 6) is -0.709. The van der Waals surface area contributed by atoms with Crippen molar-refractivity contribution < 1.29 is 19.7 Å². The minimum atomic E-state index is -0.993. The number of rotatable bonds is 4. The summed E-state index contributed by atoms with van der Waals surface area (Å²) in [6, 6.07) is 3.14. The number of nitro benzene ring substituents is 2. The van der Waals surface area contributed by atoms with Crippen molar-refractivity contribution >= 4 is 11.4 Å². The molecule has 0 bridgehead atoms. The van der Waals surface area contributed by atoms with Gasteiger partial charge in [-0.3, -0.25) is 20.2 Å². The number of para-hydroxylation sites is 1. The molecule has 0 unspecified atom stereocenters. The van der Waals surface area contributed by atoms with Crippen LogP contribution in [0, 0.1) is 20.2 Å². The van der Waals surface area contributed by atoms with E-state index in [2.05, 4.69) is 0 Å². The van der Waals surface area contributed by atoms with E-state index < -0.39 is 27.0 Å². The predicted octanol–water partition coefficient (Wildman–Crippen LogP) is 2.25. The standard InChI is InChI=1S/C6H4N2O5.C4H10O/c9-5-3-1-2-4(7(10)11)6(5)8(12)13;1-3-5-4-2/h1-3,9H;3-4H2,1-2H3. The zero-order valence-corrected chi connectivity index (χ0v) is 10.0. The molecule has 0 saturated heterocycles. The Morgan fingerprint density at radius 1 is 1.17 bits per heavy atom. The third-order valence-corrected chi connectivity index (χ3v) is 1.78. The molecule has 0 spiro atoms. The van der Waals surface area contributed by atoms with Crippen molar-refractivity contribution in [3.8, 4) is 5.75 Å². The average Bonchev–Trinajstić information content (AvgIpc) is 2.29. The monoisotopic (exact) mass is 258 g/mol. The summed E-state index contributed by atoms with van der Waals surface area (Å²) in [6.07, 6.45) is 0. The molecule has 8 nitrogen and oxygen atoms in total. The number of phenols is 1. The van der Waals surface area contributed by atoms with E-state index in [1.54, 1.807) is 0 Å². The summed E-state index contributed by atoms with van der Waals surface area (Å²) in [5.41, 5.74) is -1.60. The number of ether oxygens (including phenoxy) is 1. The first-order valence-electron chi connectivity index (χ1n) is 5.14. The molecule has 0 atom stereocenters. The van der Waals surface area contributed by atoms with Crippen LogP contribution < -0.4 is 0 Å². The van der Waals surface area contributed by atoms with E-state index in [0.29, 0.717) is 0 Å². The minimum Gasteiger partial charge on any atom is -0.502 e. The fourth-order valence-electron chi connectivity index (χ4n) is 1.06. The molecule has 1 aromatic carbocycles. The maximum atomic E-state index is 10.3. The van der Waals surface area contributed by atoms with Gasteiger partial charge in [0.25, 0.3) is 0 Å². The molecule has 18 heavy (non-hydrogen) atoms. The van der Waals surface area contributed by atoms with Gasteiger partial charge in [-0.25, -0.2) is 0 Å². The maximum absolute atomic E-state index is 10.3. The van der Waals surface area contributed by atoms with Crippen LogP contribution in [0.1, 0.15) is 13.8 Å². The van der Waals surface area contributed by atoms with E-state index in [9.17, 15) is 20.2 Å². The lowest BCUT2D eigenvalue weighted by Crippen LogP contribution is -1.96. The van der Waals surface area contributed by atoms with Crippen LogP contribution >= 0.6 is 0 Å². The predicted molar refractivity (Wildman–Crippen MR) is 63.6 cm³/mol. The minimum absolute atomic E-state index is 0.709. The third-order valence-electron chi connectivity index (χ3n) is 1.78. The Hall–Kier alpha value is -2.22. The van der Waals surface area contributed by atoms with Gasteiger partial charge in [0, 0.05) is 19.3 Å². The van der Waals surface area contributed by atoms with Crippen molar-refractivity contribution in [2.75, 3.05) is 13.2 Å². The average molecular weight is 258 g/mol. The van der Waals surface area contributed by atoms with Crippen molar-refractivity contribution in [2.45, 2.75) is 13.8 Å². The number of aromatic hydroxyl groups is 1. The van der Waals surface area contributed by atoms with E-state index >= 15 is 0 Å². The first-order valence-corrected chi connectivity index (χ1v) is 5.14. The number of phenolic OH excluding ortho intramolecular Hbond substituents is 1. The van der Waals surface area contributed by atoms with Crippen LogP contribution in [0.4, 0.5) is 11.4 Å². The maximum Gasteiger partial charge on any atom is 0.387 e. The Balaban J connectivity index is 0.000000494. The molecule has 1 aromatic rings. The molecule has 0 fully saturated rings. The van der Waals surface area contributed by atoms with E-state index in [-0.39, 0.29) is 0 Å². The van der Waals surface area contributed by atoms with E-state index in [1.165, 1.54) is 6.07 Å². The topological polar surface area (TPSA) is 116 Å². The molecule has 0 aliphatic rings. The molecule has 1 rings (SSSR count). The molecular formula is C10H14N2O6. The van der Waals surface area contributed by atoms with E-state index in [1.807, 2.05) is 13.8 Å². The van der Waals surface area contributed by atoms with Crippen molar-refractivity contribution in [1.82, 2.24) is 0 Å². The van der Waals surface area contributed by atoms with Gasteiger partial charge in [-0.2, -0.15) is 0 Å². The molecule has 0 saturated carbocycles. The summed E-state index contributed by atoms with van der Waals surface area (Å²) in [5, 5.41) is 29.5. The first kappa shape index (κ1) is 15.8. The lowest BCUT2D eigenvalue weighted by atomic mass is 10.2. The van der Waals surface area contributed by atoms with Crippen LogP contribution in [0.5, 0.6) is 5.75 Å². The van der Waals surface area contributed by atoms with Gasteiger partial charge in [0.15, 0.2) is 0 Å². The second-order valence-corrected chi connectivity index (χ2v) is 2.94. The summed E-state index contributed by atoms with van der Waals surface area (Å²) < 4.78 is 4.83. The molecule has 100 valence electrons. The summed E-state index contributed by atoms with van der Waals surface area (Å²) in [6.45, 7) is 5.67. The highest BCUT2D eigenvalue weighted by atomic mass is 16.6. The normalized spacial score (nSPS) is 9.22. The highest BCUT2D eigenvalue weighted by Gasteiger charge is 2.27. The molecule has 0 aliphatic heterocycles. The smallest absolute Gasteiger partial charge is 0.387 e. The van der Waals surface area contributed by atoms with E-state index in [0.717, 1.165) is 25.3 Å². The van der Waals surface area contributed by atoms with Gasteiger partial charge in [0.1, 0.15) is 0 Å². The molecule has 0 heterocycles. The van der Waals surface area contributed by atoms with Crippen molar-refractivity contribution in [3.63, 3.8) is 0 Å². The van der Waals surface area contributed by atoms with E-state index in [4.69, 9.17) is 9.84 Å². The molecule has 0 aliphatic carbocycles. The van der Waals surface area contributed by atoms with Gasteiger partial charge in [-0.1, -0.05) is 6.07 Å². The van der Waals surface area contributed by atoms with Gasteiger partial charge in [-0.15, -0.1) is 0 Å². The second-order valence-electron chi connectivity index (χ2n) is 2.94. The molecule has 8 heteroatoms. The largest absolute Gasteiger partial charge is 0.502 e. The van der Waals surface area contributed by atoms with Gasteiger partial charge in [-0.05, 0) is 19.9 Å². The summed E-state index contributed by atoms with van der Waals surface area (Å²) in [7, 11) is 0. The SMILES string of the molecule is CCOCC.O=[N+]([O-])c1cccc(O)c1[N+](=O)[O-]. The zero-order chi connectivity index (χ0) is 14.1. The van der Waals surface area contributed by atoms with Crippen LogP contribution in [-0.4, -0.2) is 28.2 Å². The van der Waals surface area contributed by atoms with Crippen LogP contribution in [0.15, 0.2) is 18.2 Å². The second kappa shape index (κ2) is 7.96. The number of hydrogen-bond acceptors (Lipinski definition) is 6. The fraction of sp³-hybridized carbons (Fsp3) is 0.400. The first-order chi connectivity index (χ1) is 8.45. The van der Waals surface area contributed by atoms with Crippen LogP contribution in [-0.2, 0) is 4.74 Å². The Kier molecular flexibility index (Phi) is 6.98. The van der Waals surface area contributed by atoms with Crippen molar-refractivity contribution in [3.05, 3.63) is 38.4 Å². The summed E-state index contributed by atoms with van der Waals surface area (Å²) in [4.78, 5) is 18.6. The van der Waals surface area contributed by atoms with Gasteiger partial charge < -0.3 is 9.84 Å². The molecule has 1 N–H and O–H groups in total. The van der Waals surface area contributed by atoms with Gasteiger partial charge >= 0.3 is 11.4 Å². The molecule has 0 aromatic heterocycles. The summed E-state index contributed by atoms with van der Waals surface area (Å²) >= 11 is 0. The lowest BCUT2D eigenvalue weighted by molar-refractivity contribution is -0.423. The number of nitro groups is 2. The van der Waals surface area contributed by atoms with Crippen LogP contribution in [0.25, 0.3) is 0 Å². The number of benzene rings is 1. The number of nitrogens with zero attached hydrogens (tertiary/aromatic N) is 2. The molecule has 0 amide bonds. The highest BCUT2D eigenvalue weighted by molar-refractivity contribution is 5.60. The Morgan fingerprint density at radius 2 is 1.72 bits per heavy atom. The fourth-order valence-corrected chi connectivity index (χ4v) is 1.06. The lowest BCUT2D eigenvalue weighted by Gasteiger charge is -1.95. The van der Waals surface area contributed by atoms with Gasteiger partial charge in [0.2, 0.25) is 5.75 Å². The Bertz CT molecular complexity index is 419. The molecule has 0 radical (unpaired) electrons. The quantitative estimate of drug-likeness (QED) is 0.654. The molecular weight excluding hydrogens is 244 g/mol. The third kappa shape index (κ3) is 4.74. The number of hydrogen-bond donors (Lipinski definition) is 1. The highest BCUT2D eigenvalue weighted by Crippen LogP contribution is 2.34. The van der Waals surface area contributed by atoms with Gasteiger partial charge in [0.05, 0.1) is 9.85 Å².